The summed E-state index contributed by atoms with van der Waals surface area (Å²) in [4.78, 5) is 24.0. The van der Waals surface area contributed by atoms with Gasteiger partial charge in [-0.2, -0.15) is 0 Å². The number of aliphatic carboxylic acids is 1. The van der Waals surface area contributed by atoms with Crippen molar-refractivity contribution in [3.05, 3.63) is 17.8 Å². The molecule has 0 radical (unpaired) electrons. The Labute approximate surface area is 133 Å². The third-order valence-corrected chi connectivity index (χ3v) is 4.91. The van der Waals surface area contributed by atoms with Crippen LogP contribution < -0.4 is 4.90 Å². The quantitative estimate of drug-likeness (QED) is 0.822. The van der Waals surface area contributed by atoms with E-state index < -0.39 is 5.97 Å². The fraction of sp³-hybridized carbons (Fsp3) is 0.533. The first-order valence-electron chi connectivity index (χ1n) is 7.61. The monoisotopic (exact) mass is 320 g/mol. The third kappa shape index (κ3) is 3.53. The van der Waals surface area contributed by atoms with Crippen LogP contribution in [0.2, 0.25) is 0 Å². The lowest BCUT2D eigenvalue weighted by Gasteiger charge is -2.35. The Hall–Kier alpha value is -1.73. The molecular weight excluding hydrogens is 300 g/mol. The summed E-state index contributed by atoms with van der Waals surface area (Å²) in [5.41, 5.74) is 1.02. The van der Waals surface area contributed by atoms with Crippen LogP contribution in [0, 0.1) is 0 Å². The molecule has 0 aliphatic carbocycles. The zero-order valence-corrected chi connectivity index (χ0v) is 13.3. The number of carboxylic acid groups (broad SMARTS) is 1. The summed E-state index contributed by atoms with van der Waals surface area (Å²) < 4.78 is 1.16. The predicted octanol–water partition coefficient (Wildman–Crippen LogP) is 2.07. The van der Waals surface area contributed by atoms with Crippen molar-refractivity contribution in [3.8, 4) is 0 Å². The summed E-state index contributed by atoms with van der Waals surface area (Å²) in [5, 5.41) is 10.7. The maximum Gasteiger partial charge on any atom is 0.303 e. The molecule has 3 rings (SSSR count). The molecule has 3 heterocycles. The van der Waals surface area contributed by atoms with Crippen LogP contribution in [0.15, 0.2) is 17.8 Å². The number of hydrogen-bond acceptors (Lipinski definition) is 6. The van der Waals surface area contributed by atoms with Gasteiger partial charge in [0.25, 0.3) is 0 Å². The van der Waals surface area contributed by atoms with Gasteiger partial charge in [-0.3, -0.25) is 9.69 Å². The van der Waals surface area contributed by atoms with E-state index in [2.05, 4.69) is 25.1 Å². The Bertz CT molecular complexity index is 637. The van der Waals surface area contributed by atoms with Crippen LogP contribution in [-0.2, 0) is 4.79 Å². The number of thiophene rings is 1. The molecule has 0 saturated carbocycles. The fourth-order valence-corrected chi connectivity index (χ4v) is 3.66. The first-order valence-corrected chi connectivity index (χ1v) is 8.49. The molecule has 0 bridgehead atoms. The first-order chi connectivity index (χ1) is 10.7. The summed E-state index contributed by atoms with van der Waals surface area (Å²) in [6.45, 7) is 4.92. The van der Waals surface area contributed by atoms with Gasteiger partial charge in [-0.1, -0.05) is 0 Å². The van der Waals surface area contributed by atoms with E-state index in [0.717, 1.165) is 61.6 Å². The second-order valence-corrected chi connectivity index (χ2v) is 6.43. The number of nitrogens with zero attached hydrogens (tertiary/aromatic N) is 4. The lowest BCUT2D eigenvalue weighted by atomic mass is 10.2. The van der Waals surface area contributed by atoms with E-state index in [0.29, 0.717) is 0 Å². The highest BCUT2D eigenvalue weighted by Gasteiger charge is 2.20. The molecule has 0 spiro atoms. The van der Waals surface area contributed by atoms with Crippen molar-refractivity contribution >= 4 is 33.3 Å². The zero-order valence-electron chi connectivity index (χ0n) is 12.4. The van der Waals surface area contributed by atoms with E-state index in [1.165, 1.54) is 0 Å². The van der Waals surface area contributed by atoms with Crippen LogP contribution in [0.4, 0.5) is 5.82 Å². The van der Waals surface area contributed by atoms with Crippen molar-refractivity contribution in [2.75, 3.05) is 37.6 Å². The average molecular weight is 320 g/mol. The van der Waals surface area contributed by atoms with Gasteiger partial charge in [-0.25, -0.2) is 9.97 Å². The topological polar surface area (TPSA) is 69.6 Å². The summed E-state index contributed by atoms with van der Waals surface area (Å²) in [6, 6.07) is 2.03. The number of unbranched alkanes of at least 4 members (excludes halogenated alkanes) is 1. The van der Waals surface area contributed by atoms with Crippen molar-refractivity contribution in [2.45, 2.75) is 19.3 Å². The van der Waals surface area contributed by atoms with Gasteiger partial charge in [-0.15, -0.1) is 11.3 Å². The van der Waals surface area contributed by atoms with Crippen molar-refractivity contribution in [1.82, 2.24) is 14.9 Å². The molecule has 1 N–H and O–H groups in total. The van der Waals surface area contributed by atoms with Gasteiger partial charge in [0.2, 0.25) is 0 Å². The summed E-state index contributed by atoms with van der Waals surface area (Å²) in [6.07, 6.45) is 3.63. The highest BCUT2D eigenvalue weighted by Crippen LogP contribution is 2.28. The second kappa shape index (κ2) is 7.02. The smallest absolute Gasteiger partial charge is 0.303 e. The van der Waals surface area contributed by atoms with Gasteiger partial charge in [0.1, 0.15) is 12.1 Å². The highest BCUT2D eigenvalue weighted by atomic mass is 32.1. The Morgan fingerprint density at radius 3 is 2.82 bits per heavy atom. The van der Waals surface area contributed by atoms with Gasteiger partial charge in [0.15, 0.2) is 0 Å². The molecule has 0 atom stereocenters. The minimum Gasteiger partial charge on any atom is -0.481 e. The largest absolute Gasteiger partial charge is 0.481 e. The summed E-state index contributed by atoms with van der Waals surface area (Å²) in [5.74, 6) is 0.346. The minimum atomic E-state index is -0.700. The van der Waals surface area contributed by atoms with E-state index in [9.17, 15) is 4.79 Å². The SMILES string of the molecule is O=C(O)CCCCN1CCN(c2ncnc3ccsc23)CC1. The third-order valence-electron chi connectivity index (χ3n) is 4.01. The zero-order chi connectivity index (χ0) is 15.4. The van der Waals surface area contributed by atoms with Gasteiger partial charge >= 0.3 is 5.97 Å². The second-order valence-electron chi connectivity index (χ2n) is 5.51. The van der Waals surface area contributed by atoms with Crippen molar-refractivity contribution in [3.63, 3.8) is 0 Å². The molecule has 2 aromatic rings. The molecule has 1 aliphatic heterocycles. The van der Waals surface area contributed by atoms with Crippen LogP contribution in [0.5, 0.6) is 0 Å². The Morgan fingerprint density at radius 2 is 2.05 bits per heavy atom. The van der Waals surface area contributed by atoms with Crippen molar-refractivity contribution in [2.24, 2.45) is 0 Å². The molecule has 22 heavy (non-hydrogen) atoms. The molecule has 6 nitrogen and oxygen atoms in total. The van der Waals surface area contributed by atoms with Gasteiger partial charge in [0.05, 0.1) is 10.2 Å². The van der Waals surface area contributed by atoms with E-state index in [1.54, 1.807) is 17.7 Å². The number of fused-ring (bicyclic) bond motifs is 1. The van der Waals surface area contributed by atoms with Crippen LogP contribution >= 0.6 is 11.3 Å². The van der Waals surface area contributed by atoms with E-state index >= 15 is 0 Å². The van der Waals surface area contributed by atoms with Crippen LogP contribution in [0.1, 0.15) is 19.3 Å². The lowest BCUT2D eigenvalue weighted by molar-refractivity contribution is -0.137. The first kappa shape index (κ1) is 15.2. The van der Waals surface area contributed by atoms with E-state index in [1.807, 2.05) is 6.07 Å². The standard InChI is InChI=1S/C15H20N4O2S/c20-13(21)3-1-2-5-18-6-8-19(9-7-18)15-14-12(4-10-22-14)16-11-17-15/h4,10-11H,1-3,5-9H2,(H,20,21). The number of carboxylic acids is 1. The lowest BCUT2D eigenvalue weighted by Crippen LogP contribution is -2.47. The number of rotatable bonds is 6. The molecule has 2 aromatic heterocycles. The molecule has 0 aromatic carbocycles. The Morgan fingerprint density at radius 1 is 1.23 bits per heavy atom. The number of hydrogen-bond donors (Lipinski definition) is 1. The van der Waals surface area contributed by atoms with E-state index in [-0.39, 0.29) is 6.42 Å². The minimum absolute atomic E-state index is 0.275. The molecule has 0 amide bonds. The Balaban J connectivity index is 1.51. The Kier molecular flexibility index (Phi) is 4.84. The number of aromatic nitrogens is 2. The molecule has 1 fully saturated rings. The van der Waals surface area contributed by atoms with Gasteiger partial charge in [-0.05, 0) is 30.8 Å². The fourth-order valence-electron chi connectivity index (χ4n) is 2.80. The summed E-state index contributed by atoms with van der Waals surface area (Å²) >= 11 is 1.69. The number of anilines is 1. The summed E-state index contributed by atoms with van der Waals surface area (Å²) in [7, 11) is 0. The van der Waals surface area contributed by atoms with Crippen LogP contribution in [0.3, 0.4) is 0 Å². The maximum atomic E-state index is 10.5. The van der Waals surface area contributed by atoms with Crippen molar-refractivity contribution in [1.29, 1.82) is 0 Å². The maximum absolute atomic E-state index is 10.5. The molecule has 7 heteroatoms. The molecule has 0 unspecified atom stereocenters. The van der Waals surface area contributed by atoms with Crippen LogP contribution in [-0.4, -0.2) is 58.7 Å². The average Bonchev–Trinajstić information content (AvgIpc) is 3.00. The number of carbonyl (C=O) groups is 1. The highest BCUT2D eigenvalue weighted by molar-refractivity contribution is 7.17. The molecule has 1 saturated heterocycles. The predicted molar refractivity (Wildman–Crippen MR) is 87.6 cm³/mol. The van der Waals surface area contributed by atoms with Gasteiger partial charge < -0.3 is 10.0 Å². The van der Waals surface area contributed by atoms with Crippen molar-refractivity contribution < 1.29 is 9.90 Å². The molecule has 118 valence electrons. The normalized spacial score (nSPS) is 16.3. The molecule has 1 aliphatic rings. The number of piperazine rings is 1. The van der Waals surface area contributed by atoms with Crippen LogP contribution in [0.25, 0.3) is 10.2 Å². The van der Waals surface area contributed by atoms with E-state index in [4.69, 9.17) is 5.11 Å². The molecular formula is C15H20N4O2S. The van der Waals surface area contributed by atoms with Gasteiger partial charge in [0, 0.05) is 32.6 Å².